The number of carbonyl (C=O) groups is 1. The molecule has 20 heavy (non-hydrogen) atoms. The van der Waals surface area contributed by atoms with Gasteiger partial charge in [-0.3, -0.25) is 4.79 Å². The summed E-state index contributed by atoms with van der Waals surface area (Å²) >= 11 is 0. The van der Waals surface area contributed by atoms with Crippen molar-refractivity contribution in [3.63, 3.8) is 0 Å². The average molecular weight is 270 g/mol. The molecule has 3 nitrogen and oxygen atoms in total. The van der Waals surface area contributed by atoms with E-state index in [1.54, 1.807) is 0 Å². The largest absolute Gasteiger partial charge is 0.400 e. The van der Waals surface area contributed by atoms with E-state index in [0.29, 0.717) is 18.8 Å². The van der Waals surface area contributed by atoms with Gasteiger partial charge in [-0.1, -0.05) is 54.6 Å². The van der Waals surface area contributed by atoms with Gasteiger partial charge in [0.25, 0.3) is 0 Å². The summed E-state index contributed by atoms with van der Waals surface area (Å²) in [5, 5.41) is 7.00. The first-order valence-electron chi connectivity index (χ1n) is 6.49. The fourth-order valence-electron chi connectivity index (χ4n) is 2.44. The van der Waals surface area contributed by atoms with E-state index in [4.69, 9.17) is 9.84 Å². The lowest BCUT2D eigenvalue weighted by atomic mass is 9.73. The zero-order chi connectivity index (χ0) is 14.4. The van der Waals surface area contributed by atoms with Crippen molar-refractivity contribution in [3.8, 4) is 0 Å². The van der Waals surface area contributed by atoms with Crippen molar-refractivity contribution < 1.29 is 14.6 Å². The summed E-state index contributed by atoms with van der Waals surface area (Å²) in [4.78, 5) is 10.7. The van der Waals surface area contributed by atoms with Gasteiger partial charge in [0.05, 0.1) is 18.6 Å². The molecule has 0 atom stereocenters. The maximum absolute atomic E-state index is 10.7. The fraction of sp³-hybridized carbons (Fsp3) is 0.235. The molecule has 0 unspecified atom stereocenters. The van der Waals surface area contributed by atoms with Crippen LogP contribution < -0.4 is 0 Å². The Bertz CT molecular complexity index is 542. The lowest BCUT2D eigenvalue weighted by Gasteiger charge is -2.42. The molecule has 2 aromatic carbocycles. The third-order valence-electron chi connectivity index (χ3n) is 3.62. The van der Waals surface area contributed by atoms with Gasteiger partial charge in [0.1, 0.15) is 6.29 Å². The summed E-state index contributed by atoms with van der Waals surface area (Å²) in [6.45, 7) is 1.41. The molecule has 2 aromatic rings. The molecule has 0 aromatic heterocycles. The van der Waals surface area contributed by atoms with Gasteiger partial charge in [0, 0.05) is 12.7 Å². The molecule has 1 fully saturated rings. The van der Waals surface area contributed by atoms with Crippen molar-refractivity contribution in [1.29, 1.82) is 0 Å². The van der Waals surface area contributed by atoms with Crippen LogP contribution in [0.2, 0.25) is 0 Å². The van der Waals surface area contributed by atoms with Gasteiger partial charge < -0.3 is 9.84 Å². The maximum Gasteiger partial charge on any atom is 0.150 e. The number of rotatable bonds is 3. The lowest BCUT2D eigenvalue weighted by molar-refractivity contribution is -0.0379. The Hall–Kier alpha value is -1.97. The van der Waals surface area contributed by atoms with Crippen LogP contribution in [0.15, 0.2) is 54.6 Å². The number of hydrogen-bond acceptors (Lipinski definition) is 3. The monoisotopic (exact) mass is 270 g/mol. The van der Waals surface area contributed by atoms with Crippen LogP contribution in [-0.4, -0.2) is 31.7 Å². The summed E-state index contributed by atoms with van der Waals surface area (Å²) in [5.41, 5.74) is 3.16. The zero-order valence-electron chi connectivity index (χ0n) is 11.5. The molecule has 3 rings (SSSR count). The minimum Gasteiger partial charge on any atom is -0.400 e. The van der Waals surface area contributed by atoms with Crippen LogP contribution in [0.3, 0.4) is 0 Å². The maximum atomic E-state index is 10.7. The Morgan fingerprint density at radius 1 is 0.950 bits per heavy atom. The van der Waals surface area contributed by atoms with Crippen LogP contribution in [0.5, 0.6) is 0 Å². The molecule has 0 spiro atoms. The van der Waals surface area contributed by atoms with Crippen molar-refractivity contribution in [1.82, 2.24) is 0 Å². The van der Waals surface area contributed by atoms with E-state index in [1.165, 1.54) is 11.1 Å². The number of carbonyl (C=O) groups excluding carboxylic acids is 1. The van der Waals surface area contributed by atoms with Gasteiger partial charge in [-0.2, -0.15) is 0 Å². The van der Waals surface area contributed by atoms with Gasteiger partial charge in [-0.25, -0.2) is 0 Å². The molecule has 0 aliphatic carbocycles. The SMILES string of the molecule is CO.O=Cc1ccc(C2(c3ccccc3)COC2)cc1. The molecule has 3 heteroatoms. The number of aliphatic hydroxyl groups excluding tert-OH is 1. The molecular weight excluding hydrogens is 252 g/mol. The van der Waals surface area contributed by atoms with E-state index < -0.39 is 0 Å². The number of aldehydes is 1. The molecule has 1 saturated heterocycles. The standard InChI is InChI=1S/C16H14O2.CH4O/c17-10-13-6-8-15(9-7-13)16(11-18-12-16)14-4-2-1-3-5-14;1-2/h1-10H,11-12H2;2H,1H3. The quantitative estimate of drug-likeness (QED) is 0.871. The van der Waals surface area contributed by atoms with Gasteiger partial charge in [0.15, 0.2) is 0 Å². The van der Waals surface area contributed by atoms with E-state index in [1.807, 2.05) is 30.3 Å². The van der Waals surface area contributed by atoms with Crippen LogP contribution in [0.4, 0.5) is 0 Å². The summed E-state index contributed by atoms with van der Waals surface area (Å²) in [5.74, 6) is 0. The Balaban J connectivity index is 0.000000704. The average Bonchev–Trinajstić information content (AvgIpc) is 2.50. The number of aliphatic hydroxyl groups is 1. The molecule has 0 amide bonds. The molecule has 1 aliphatic rings. The summed E-state index contributed by atoms with van der Waals surface area (Å²) < 4.78 is 5.43. The topological polar surface area (TPSA) is 46.5 Å². The second kappa shape index (κ2) is 6.46. The van der Waals surface area contributed by atoms with Gasteiger partial charge >= 0.3 is 0 Å². The first-order chi connectivity index (χ1) is 9.85. The molecule has 0 bridgehead atoms. The predicted octanol–water partition coefficient (Wildman–Crippen LogP) is 2.42. The van der Waals surface area contributed by atoms with E-state index in [9.17, 15) is 4.79 Å². The lowest BCUT2D eigenvalue weighted by Crippen LogP contribution is -2.47. The van der Waals surface area contributed by atoms with Crippen LogP contribution in [0.25, 0.3) is 0 Å². The summed E-state index contributed by atoms with van der Waals surface area (Å²) in [6.07, 6.45) is 0.871. The molecular formula is C17H18O3. The zero-order valence-corrected chi connectivity index (χ0v) is 11.5. The third-order valence-corrected chi connectivity index (χ3v) is 3.62. The van der Waals surface area contributed by atoms with E-state index >= 15 is 0 Å². The number of ether oxygens (including phenoxy) is 1. The molecule has 1 N–H and O–H groups in total. The predicted molar refractivity (Wildman–Crippen MR) is 78.0 cm³/mol. The van der Waals surface area contributed by atoms with Gasteiger partial charge in [-0.15, -0.1) is 0 Å². The molecule has 104 valence electrons. The van der Waals surface area contributed by atoms with Gasteiger partial charge in [0.2, 0.25) is 0 Å². The molecule has 1 aliphatic heterocycles. The normalized spacial score (nSPS) is 15.5. The van der Waals surface area contributed by atoms with Crippen molar-refractivity contribution >= 4 is 6.29 Å². The van der Waals surface area contributed by atoms with Crippen LogP contribution in [0.1, 0.15) is 21.5 Å². The van der Waals surface area contributed by atoms with Gasteiger partial charge in [-0.05, 0) is 11.1 Å². The minimum absolute atomic E-state index is 0.0390. The molecule has 0 radical (unpaired) electrons. The highest BCUT2D eigenvalue weighted by Crippen LogP contribution is 2.38. The Morgan fingerprint density at radius 3 is 1.95 bits per heavy atom. The first-order valence-corrected chi connectivity index (χ1v) is 6.49. The minimum atomic E-state index is -0.0390. The van der Waals surface area contributed by atoms with Crippen molar-refractivity contribution in [2.75, 3.05) is 20.3 Å². The highest BCUT2D eigenvalue weighted by molar-refractivity contribution is 5.74. The first kappa shape index (κ1) is 14.4. The molecule has 0 saturated carbocycles. The van der Waals surface area contributed by atoms with E-state index in [-0.39, 0.29) is 5.41 Å². The number of benzene rings is 2. The Kier molecular flexibility index (Phi) is 4.66. The third kappa shape index (κ3) is 2.50. The molecule has 1 heterocycles. The van der Waals surface area contributed by atoms with Crippen LogP contribution in [0, 0.1) is 0 Å². The highest BCUT2D eigenvalue weighted by Gasteiger charge is 2.41. The second-order valence-corrected chi connectivity index (χ2v) is 4.68. The van der Waals surface area contributed by atoms with Crippen LogP contribution in [-0.2, 0) is 10.2 Å². The smallest absolute Gasteiger partial charge is 0.150 e. The van der Waals surface area contributed by atoms with Crippen LogP contribution >= 0.6 is 0 Å². The van der Waals surface area contributed by atoms with Crippen molar-refractivity contribution in [3.05, 3.63) is 71.3 Å². The Morgan fingerprint density at radius 2 is 1.50 bits per heavy atom. The second-order valence-electron chi connectivity index (χ2n) is 4.68. The van der Waals surface area contributed by atoms with E-state index in [0.717, 1.165) is 13.4 Å². The fourth-order valence-corrected chi connectivity index (χ4v) is 2.44. The Labute approximate surface area is 118 Å². The number of hydrogen-bond donors (Lipinski definition) is 1. The summed E-state index contributed by atoms with van der Waals surface area (Å²) in [6, 6.07) is 18.2. The van der Waals surface area contributed by atoms with Crippen molar-refractivity contribution in [2.45, 2.75) is 5.41 Å². The summed E-state index contributed by atoms with van der Waals surface area (Å²) in [7, 11) is 1.00. The van der Waals surface area contributed by atoms with Crippen molar-refractivity contribution in [2.24, 2.45) is 0 Å². The highest BCUT2D eigenvalue weighted by atomic mass is 16.5. The van der Waals surface area contributed by atoms with E-state index in [2.05, 4.69) is 24.3 Å².